The summed E-state index contributed by atoms with van der Waals surface area (Å²) in [6.07, 6.45) is 0. The van der Waals surface area contributed by atoms with Crippen molar-refractivity contribution in [1.29, 1.82) is 0 Å². The average molecular weight is 639 g/mol. The van der Waals surface area contributed by atoms with Crippen LogP contribution in [0, 0.1) is 13.8 Å². The van der Waals surface area contributed by atoms with Crippen molar-refractivity contribution in [2.45, 2.75) is 27.7 Å². The molecule has 1 heterocycles. The summed E-state index contributed by atoms with van der Waals surface area (Å²) in [6.45, 7) is 8.20. The summed E-state index contributed by atoms with van der Waals surface area (Å²) in [5, 5.41) is 0. The number of para-hydroxylation sites is 2. The van der Waals surface area contributed by atoms with Gasteiger partial charge >= 0.3 is 49.1 Å². The molecule has 0 aliphatic heterocycles. The number of nitrogens with zero attached hydrogens (tertiary/aromatic N) is 2. The molecule has 0 aliphatic rings. The zero-order valence-electron chi connectivity index (χ0n) is 16.3. The molecule has 148 valence electrons. The first-order valence-electron chi connectivity index (χ1n) is 8.73. The van der Waals surface area contributed by atoms with Crippen LogP contribution in [-0.4, -0.2) is 16.4 Å². The van der Waals surface area contributed by atoms with Crippen LogP contribution in [-0.2, 0) is 8.46 Å². The molecule has 3 aromatic rings. The zero-order valence-corrected chi connectivity index (χ0v) is 21.7. The summed E-state index contributed by atoms with van der Waals surface area (Å²) in [5.74, 6) is 0. The number of rotatable bonds is 4. The molecular formula is C22H23FeI2N3. The number of benzene rings is 2. The number of aryl methyl sites for hydroxylation is 2. The molecule has 1 N–H and O–H groups in total. The summed E-state index contributed by atoms with van der Waals surface area (Å²) >= 11 is 4.55. The molecule has 0 amide bonds. The van der Waals surface area contributed by atoms with Crippen LogP contribution in [0.25, 0.3) is 0 Å². The topological polar surface area (TPSA) is 40.5 Å². The number of halogens is 2. The monoisotopic (exact) mass is 639 g/mol. The zero-order chi connectivity index (χ0) is 20.5. The van der Waals surface area contributed by atoms with E-state index in [0.717, 1.165) is 34.2 Å². The Balaban J connectivity index is 0.000000878. The van der Waals surface area contributed by atoms with Crippen molar-refractivity contribution in [2.75, 3.05) is 0 Å². The minimum atomic E-state index is 0.962. The van der Waals surface area contributed by atoms with Gasteiger partial charge in [0.15, 0.2) is 0 Å². The van der Waals surface area contributed by atoms with Crippen molar-refractivity contribution in [1.82, 2.24) is 4.98 Å². The second-order valence-electron chi connectivity index (χ2n) is 6.30. The van der Waals surface area contributed by atoms with E-state index in [2.05, 4.69) is 83.8 Å². The first-order chi connectivity index (χ1) is 13.5. The molecule has 0 unspecified atom stereocenters. The molecule has 0 saturated heterocycles. The van der Waals surface area contributed by atoms with Gasteiger partial charge < -0.3 is 4.98 Å². The van der Waals surface area contributed by atoms with Crippen LogP contribution in [0.4, 0.5) is 11.4 Å². The number of aromatic amines is 1. The van der Waals surface area contributed by atoms with Gasteiger partial charge in [-0.25, -0.2) is 0 Å². The van der Waals surface area contributed by atoms with Crippen molar-refractivity contribution in [3.8, 4) is 0 Å². The molecule has 0 bridgehead atoms. The Labute approximate surface area is 196 Å². The molecule has 0 aliphatic carbocycles. The van der Waals surface area contributed by atoms with Gasteiger partial charge in [-0.05, 0) is 63.1 Å². The molecule has 6 heteroatoms. The van der Waals surface area contributed by atoms with E-state index in [1.165, 1.54) is 19.6 Å². The van der Waals surface area contributed by atoms with Crippen LogP contribution in [0.2, 0.25) is 0 Å². The Morgan fingerprint density at radius 3 is 1.43 bits per heavy atom. The normalized spacial score (nSPS) is 11.9. The summed E-state index contributed by atoms with van der Waals surface area (Å²) < 4.78 is 0. The van der Waals surface area contributed by atoms with Crippen molar-refractivity contribution in [2.24, 2.45) is 9.98 Å². The van der Waals surface area contributed by atoms with Gasteiger partial charge in [0.2, 0.25) is 0 Å². The first kappa shape index (κ1) is 23.3. The van der Waals surface area contributed by atoms with Crippen LogP contribution in [0.1, 0.15) is 36.4 Å². The summed E-state index contributed by atoms with van der Waals surface area (Å²) in [7, 11) is 1.19. The fraction of sp³-hybridized carbons (Fsp3) is 0.182. The van der Waals surface area contributed by atoms with Crippen LogP contribution < -0.4 is 0 Å². The van der Waals surface area contributed by atoms with E-state index in [1.807, 2.05) is 50.2 Å². The SMILES string of the molecule is CC(=Nc1ccccc1C)c1ccc(C(C)=Nc2ccccc2C)[nH]1.[I][Fe][I]. The van der Waals surface area contributed by atoms with Crippen molar-refractivity contribution < 1.29 is 8.46 Å². The Bertz CT molecular complexity index is 901. The van der Waals surface area contributed by atoms with E-state index in [1.54, 1.807) is 0 Å². The standard InChI is InChI=1S/C22H23N3.Fe.2HI/c1-15-9-5-7-11-19(15)23-17(3)21-13-14-22(25-21)18(4)24-20-12-8-6-10-16(20)2;;;/h5-14,25H,1-4H3;;2*1H/q;+2;;/p-2. The van der Waals surface area contributed by atoms with Crippen LogP contribution >= 0.6 is 40.7 Å². The van der Waals surface area contributed by atoms with Gasteiger partial charge in [-0.3, -0.25) is 9.98 Å². The van der Waals surface area contributed by atoms with Gasteiger partial charge in [-0.15, -0.1) is 0 Å². The number of hydrogen-bond donors (Lipinski definition) is 1. The molecule has 1 aromatic heterocycles. The number of aromatic nitrogens is 1. The second kappa shape index (κ2) is 11.9. The molecule has 28 heavy (non-hydrogen) atoms. The predicted octanol–water partition coefficient (Wildman–Crippen LogP) is 7.68. The van der Waals surface area contributed by atoms with E-state index < -0.39 is 0 Å². The van der Waals surface area contributed by atoms with E-state index in [-0.39, 0.29) is 0 Å². The van der Waals surface area contributed by atoms with Gasteiger partial charge in [-0.1, -0.05) is 36.4 Å². The molecule has 3 rings (SSSR count). The fourth-order valence-electron chi connectivity index (χ4n) is 2.68. The molecule has 0 radical (unpaired) electrons. The third kappa shape index (κ3) is 6.83. The molecule has 2 aromatic carbocycles. The molecule has 0 atom stereocenters. The number of hydrogen-bond acceptors (Lipinski definition) is 2. The Kier molecular flexibility index (Phi) is 9.91. The molecule has 0 saturated carbocycles. The van der Waals surface area contributed by atoms with Crippen LogP contribution in [0.15, 0.2) is 70.6 Å². The van der Waals surface area contributed by atoms with Gasteiger partial charge in [0.25, 0.3) is 0 Å². The van der Waals surface area contributed by atoms with Crippen molar-refractivity contribution in [3.63, 3.8) is 0 Å². The van der Waals surface area contributed by atoms with E-state index in [0.29, 0.717) is 0 Å². The summed E-state index contributed by atoms with van der Waals surface area (Å²) in [5.41, 5.74) is 8.29. The second-order valence-corrected chi connectivity index (χ2v) is 15.6. The Hall–Kier alpha value is -0.961. The summed E-state index contributed by atoms with van der Waals surface area (Å²) in [4.78, 5) is 12.9. The number of H-pyrrole nitrogens is 1. The molecule has 0 fully saturated rings. The quantitative estimate of drug-likeness (QED) is 0.173. The molecule has 3 nitrogen and oxygen atoms in total. The molecular weight excluding hydrogens is 616 g/mol. The maximum absolute atomic E-state index is 4.75. The average Bonchev–Trinajstić information content (AvgIpc) is 3.17. The van der Waals surface area contributed by atoms with Crippen LogP contribution in [0.3, 0.4) is 0 Å². The van der Waals surface area contributed by atoms with Crippen molar-refractivity contribution >= 4 is 63.5 Å². The summed E-state index contributed by atoms with van der Waals surface area (Å²) in [6, 6.07) is 20.4. The van der Waals surface area contributed by atoms with E-state index in [9.17, 15) is 0 Å². The van der Waals surface area contributed by atoms with E-state index >= 15 is 0 Å². The van der Waals surface area contributed by atoms with Crippen LogP contribution in [0.5, 0.6) is 0 Å². The maximum atomic E-state index is 4.75. The Morgan fingerprint density at radius 2 is 1.07 bits per heavy atom. The van der Waals surface area contributed by atoms with Gasteiger partial charge in [0.05, 0.1) is 34.2 Å². The third-order valence-corrected chi connectivity index (χ3v) is 4.27. The number of nitrogens with one attached hydrogen (secondary N) is 1. The predicted molar refractivity (Wildman–Crippen MR) is 135 cm³/mol. The van der Waals surface area contributed by atoms with Gasteiger partial charge in [0.1, 0.15) is 0 Å². The molecule has 0 spiro atoms. The first-order valence-corrected chi connectivity index (χ1v) is 15.9. The fourth-order valence-corrected chi connectivity index (χ4v) is 2.68. The Morgan fingerprint density at radius 1 is 0.714 bits per heavy atom. The minimum absolute atomic E-state index is 0.962. The van der Waals surface area contributed by atoms with E-state index in [4.69, 9.17) is 9.98 Å². The van der Waals surface area contributed by atoms with Crippen molar-refractivity contribution in [3.05, 3.63) is 83.2 Å². The van der Waals surface area contributed by atoms with Gasteiger partial charge in [-0.2, -0.15) is 0 Å². The third-order valence-electron chi connectivity index (χ3n) is 4.27. The van der Waals surface area contributed by atoms with Gasteiger partial charge in [0, 0.05) is 0 Å². The number of aliphatic imine (C=N–C) groups is 2.